The average Bonchev–Trinajstić information content (AvgIpc) is 2.62. The summed E-state index contributed by atoms with van der Waals surface area (Å²) in [7, 11) is 0. The summed E-state index contributed by atoms with van der Waals surface area (Å²) in [6, 6.07) is 8.03. The van der Waals surface area contributed by atoms with Gasteiger partial charge in [-0.05, 0) is 31.9 Å². The molecule has 1 N–H and O–H groups in total. The quantitative estimate of drug-likeness (QED) is 0.733. The zero-order valence-corrected chi connectivity index (χ0v) is 15.0. The third kappa shape index (κ3) is 5.27. The molecule has 7 heteroatoms. The number of benzene rings is 1. The Morgan fingerprint density at radius 3 is 2.69 bits per heavy atom. The van der Waals surface area contributed by atoms with Crippen molar-refractivity contribution in [1.82, 2.24) is 9.55 Å². The van der Waals surface area contributed by atoms with Crippen molar-refractivity contribution in [2.75, 3.05) is 11.9 Å². The molecule has 2 aromatic rings. The topological polar surface area (TPSA) is 90.3 Å². The summed E-state index contributed by atoms with van der Waals surface area (Å²) in [6.07, 6.45) is 4.10. The minimum absolute atomic E-state index is 0.183. The average molecular weight is 357 g/mol. The van der Waals surface area contributed by atoms with E-state index in [0.717, 1.165) is 25.0 Å². The second-order valence-electron chi connectivity index (χ2n) is 5.76. The SMILES string of the molecule is CCCCc1cc(=O)n(CC(=O)Nc2ccccc2C(=O)OCC)cn1. The summed E-state index contributed by atoms with van der Waals surface area (Å²) < 4.78 is 6.21. The predicted octanol–water partition coefficient (Wildman–Crippen LogP) is 2.40. The number of para-hydroxylation sites is 1. The molecule has 26 heavy (non-hydrogen) atoms. The van der Waals surface area contributed by atoms with Crippen LogP contribution in [0.5, 0.6) is 0 Å². The Kier molecular flexibility index (Phi) is 7.08. The van der Waals surface area contributed by atoms with E-state index in [1.807, 2.05) is 0 Å². The minimum atomic E-state index is -0.512. The zero-order valence-electron chi connectivity index (χ0n) is 15.0. The van der Waals surface area contributed by atoms with E-state index in [-0.39, 0.29) is 24.3 Å². The van der Waals surface area contributed by atoms with Gasteiger partial charge in [-0.3, -0.25) is 14.2 Å². The Hall–Kier alpha value is -2.96. The van der Waals surface area contributed by atoms with E-state index < -0.39 is 11.9 Å². The lowest BCUT2D eigenvalue weighted by Gasteiger charge is -2.11. The van der Waals surface area contributed by atoms with Crippen molar-refractivity contribution in [3.8, 4) is 0 Å². The molecule has 0 bridgehead atoms. The summed E-state index contributed by atoms with van der Waals surface area (Å²) in [5.74, 6) is -0.936. The summed E-state index contributed by atoms with van der Waals surface area (Å²) >= 11 is 0. The number of rotatable bonds is 8. The van der Waals surface area contributed by atoms with Gasteiger partial charge in [-0.1, -0.05) is 25.5 Å². The second kappa shape index (κ2) is 9.50. The molecule has 0 aliphatic carbocycles. The van der Waals surface area contributed by atoms with Crippen molar-refractivity contribution in [3.63, 3.8) is 0 Å². The molecule has 0 unspecified atom stereocenters. The Morgan fingerprint density at radius 1 is 1.23 bits per heavy atom. The number of anilines is 1. The van der Waals surface area contributed by atoms with E-state index in [1.165, 1.54) is 17.0 Å². The van der Waals surface area contributed by atoms with Crippen LogP contribution in [0.1, 0.15) is 42.7 Å². The Labute approximate surface area is 152 Å². The molecule has 0 aliphatic heterocycles. The van der Waals surface area contributed by atoms with Gasteiger partial charge in [0.15, 0.2) is 0 Å². The molecule has 1 aromatic heterocycles. The fourth-order valence-electron chi connectivity index (χ4n) is 2.40. The number of carbonyl (C=O) groups excluding carboxylic acids is 2. The van der Waals surface area contributed by atoms with Crippen LogP contribution in [0.2, 0.25) is 0 Å². The highest BCUT2D eigenvalue weighted by Crippen LogP contribution is 2.16. The van der Waals surface area contributed by atoms with Crippen LogP contribution in [0.3, 0.4) is 0 Å². The van der Waals surface area contributed by atoms with Crippen molar-refractivity contribution in [3.05, 3.63) is 58.3 Å². The van der Waals surface area contributed by atoms with Crippen LogP contribution in [-0.2, 0) is 22.5 Å². The molecule has 0 spiro atoms. The van der Waals surface area contributed by atoms with Crippen molar-refractivity contribution in [2.45, 2.75) is 39.7 Å². The highest BCUT2D eigenvalue weighted by Gasteiger charge is 2.14. The molecule has 1 amide bonds. The first-order valence-electron chi connectivity index (χ1n) is 8.66. The molecule has 1 heterocycles. The number of hydrogen-bond acceptors (Lipinski definition) is 5. The normalized spacial score (nSPS) is 10.4. The second-order valence-corrected chi connectivity index (χ2v) is 5.76. The van der Waals surface area contributed by atoms with Gasteiger partial charge >= 0.3 is 5.97 Å². The smallest absolute Gasteiger partial charge is 0.340 e. The molecule has 0 saturated heterocycles. The minimum Gasteiger partial charge on any atom is -0.462 e. The van der Waals surface area contributed by atoms with E-state index in [1.54, 1.807) is 31.2 Å². The zero-order chi connectivity index (χ0) is 18.9. The molecule has 138 valence electrons. The van der Waals surface area contributed by atoms with Gasteiger partial charge in [0, 0.05) is 11.8 Å². The van der Waals surface area contributed by atoms with Crippen LogP contribution < -0.4 is 10.9 Å². The number of nitrogens with zero attached hydrogens (tertiary/aromatic N) is 2. The maximum absolute atomic E-state index is 12.3. The molecule has 0 fully saturated rings. The third-order valence-electron chi connectivity index (χ3n) is 3.73. The van der Waals surface area contributed by atoms with Crippen molar-refractivity contribution in [1.29, 1.82) is 0 Å². The van der Waals surface area contributed by atoms with Crippen LogP contribution in [0.25, 0.3) is 0 Å². The number of aryl methyl sites for hydroxylation is 1. The van der Waals surface area contributed by atoms with E-state index in [4.69, 9.17) is 4.74 Å². The highest BCUT2D eigenvalue weighted by molar-refractivity contribution is 6.01. The van der Waals surface area contributed by atoms with Gasteiger partial charge < -0.3 is 10.1 Å². The molecule has 0 radical (unpaired) electrons. The molecule has 2 rings (SSSR count). The number of carbonyl (C=O) groups is 2. The van der Waals surface area contributed by atoms with Crippen molar-refractivity contribution < 1.29 is 14.3 Å². The summed E-state index contributed by atoms with van der Waals surface area (Å²) in [6.45, 7) is 3.84. The molecule has 7 nitrogen and oxygen atoms in total. The molecule has 0 saturated carbocycles. The largest absolute Gasteiger partial charge is 0.462 e. The Morgan fingerprint density at radius 2 is 2.00 bits per heavy atom. The van der Waals surface area contributed by atoms with Crippen molar-refractivity contribution >= 4 is 17.6 Å². The van der Waals surface area contributed by atoms with Crippen LogP contribution in [0.4, 0.5) is 5.69 Å². The molecular weight excluding hydrogens is 334 g/mol. The third-order valence-corrected chi connectivity index (χ3v) is 3.73. The predicted molar refractivity (Wildman–Crippen MR) is 98.1 cm³/mol. The van der Waals surface area contributed by atoms with Gasteiger partial charge in [-0.2, -0.15) is 0 Å². The lowest BCUT2D eigenvalue weighted by Crippen LogP contribution is -2.28. The number of ether oxygens (including phenoxy) is 1. The molecular formula is C19H23N3O4. The Balaban J connectivity index is 2.08. The molecule has 0 atom stereocenters. The lowest BCUT2D eigenvalue weighted by atomic mass is 10.2. The van der Waals surface area contributed by atoms with Crippen LogP contribution in [0, 0.1) is 0 Å². The summed E-state index contributed by atoms with van der Waals surface area (Å²) in [4.78, 5) is 40.6. The number of amides is 1. The van der Waals surface area contributed by atoms with E-state index in [9.17, 15) is 14.4 Å². The molecule has 1 aromatic carbocycles. The number of nitrogens with one attached hydrogen (secondary N) is 1. The van der Waals surface area contributed by atoms with Gasteiger partial charge in [-0.15, -0.1) is 0 Å². The monoisotopic (exact) mass is 357 g/mol. The fourth-order valence-corrected chi connectivity index (χ4v) is 2.40. The van der Waals surface area contributed by atoms with E-state index in [2.05, 4.69) is 17.2 Å². The first-order valence-corrected chi connectivity index (χ1v) is 8.66. The van der Waals surface area contributed by atoms with Gasteiger partial charge in [-0.25, -0.2) is 9.78 Å². The maximum Gasteiger partial charge on any atom is 0.340 e. The first kappa shape index (κ1) is 19.4. The summed E-state index contributed by atoms with van der Waals surface area (Å²) in [5, 5.41) is 2.65. The molecule has 0 aliphatic rings. The van der Waals surface area contributed by atoms with Crippen LogP contribution in [-0.4, -0.2) is 28.0 Å². The maximum atomic E-state index is 12.3. The van der Waals surface area contributed by atoms with Crippen LogP contribution in [0.15, 0.2) is 41.5 Å². The van der Waals surface area contributed by atoms with Crippen molar-refractivity contribution in [2.24, 2.45) is 0 Å². The van der Waals surface area contributed by atoms with Gasteiger partial charge in [0.1, 0.15) is 6.54 Å². The fraction of sp³-hybridized carbons (Fsp3) is 0.368. The van der Waals surface area contributed by atoms with Gasteiger partial charge in [0.05, 0.1) is 24.2 Å². The Bertz CT molecular complexity index is 830. The number of hydrogen-bond donors (Lipinski definition) is 1. The van der Waals surface area contributed by atoms with E-state index >= 15 is 0 Å². The highest BCUT2D eigenvalue weighted by atomic mass is 16.5. The lowest BCUT2D eigenvalue weighted by molar-refractivity contribution is -0.116. The van der Waals surface area contributed by atoms with Crippen LogP contribution >= 0.6 is 0 Å². The summed E-state index contributed by atoms with van der Waals surface area (Å²) in [5.41, 5.74) is 1.06. The first-order chi connectivity index (χ1) is 12.5. The van der Waals surface area contributed by atoms with Gasteiger partial charge in [0.2, 0.25) is 5.91 Å². The number of esters is 1. The van der Waals surface area contributed by atoms with Gasteiger partial charge in [0.25, 0.3) is 5.56 Å². The van der Waals surface area contributed by atoms with E-state index in [0.29, 0.717) is 5.69 Å². The number of aromatic nitrogens is 2. The number of unbranched alkanes of at least 4 members (excludes halogenated alkanes) is 1. The standard InChI is InChI=1S/C19H23N3O4/c1-3-5-8-14-11-18(24)22(13-20-14)12-17(23)21-16-10-7-6-9-15(16)19(25)26-4-2/h6-7,9-11,13H,3-5,8,12H2,1-2H3,(H,21,23).